The summed E-state index contributed by atoms with van der Waals surface area (Å²) in [6.07, 6.45) is 2.62. The van der Waals surface area contributed by atoms with E-state index in [1.165, 1.54) is 5.56 Å². The lowest BCUT2D eigenvalue weighted by atomic mass is 9.49. The summed E-state index contributed by atoms with van der Waals surface area (Å²) in [6, 6.07) is 6.43. The lowest BCUT2D eigenvalue weighted by molar-refractivity contribution is -0.159. The van der Waals surface area contributed by atoms with E-state index in [1.807, 2.05) is 6.92 Å². The van der Waals surface area contributed by atoms with Crippen LogP contribution in [-0.4, -0.2) is 16.2 Å². The molecule has 1 aromatic carbocycles. The van der Waals surface area contributed by atoms with E-state index in [4.69, 9.17) is 0 Å². The minimum Gasteiger partial charge on any atom is -0.481 e. The maximum absolute atomic E-state index is 12.0. The monoisotopic (exact) mass is 316 g/mol. The Morgan fingerprint density at radius 3 is 2.57 bits per heavy atom. The van der Waals surface area contributed by atoms with E-state index in [0.29, 0.717) is 18.8 Å². The molecule has 0 aromatic heterocycles. The van der Waals surface area contributed by atoms with Crippen LogP contribution in [0.2, 0.25) is 0 Å². The molecule has 0 amide bonds. The fraction of sp³-hybridized carbons (Fsp3) is 0.650. The molecule has 2 aliphatic rings. The Morgan fingerprint density at radius 2 is 1.96 bits per heavy atom. The van der Waals surface area contributed by atoms with Gasteiger partial charge in [-0.25, -0.2) is 0 Å². The van der Waals surface area contributed by atoms with E-state index in [2.05, 4.69) is 39.0 Å². The number of hydrogen-bond donors (Lipinski definition) is 2. The van der Waals surface area contributed by atoms with Crippen LogP contribution in [0.15, 0.2) is 18.2 Å². The van der Waals surface area contributed by atoms with Gasteiger partial charge in [-0.1, -0.05) is 45.4 Å². The SMILES string of the molecule is CC(C)c1ccc2c(c1)[C@H](O)CC1[C@](C)(C(=O)O)CCC[C@]21C. The first-order chi connectivity index (χ1) is 10.7. The van der Waals surface area contributed by atoms with Crippen LogP contribution in [-0.2, 0) is 10.2 Å². The summed E-state index contributed by atoms with van der Waals surface area (Å²) in [5.74, 6) is -0.315. The third-order valence-electron chi connectivity index (χ3n) is 6.59. The Morgan fingerprint density at radius 1 is 1.26 bits per heavy atom. The molecule has 0 radical (unpaired) electrons. The molecule has 3 nitrogen and oxygen atoms in total. The van der Waals surface area contributed by atoms with Gasteiger partial charge in [0.15, 0.2) is 0 Å². The number of aliphatic hydroxyl groups excluding tert-OH is 1. The summed E-state index contributed by atoms with van der Waals surface area (Å²) in [5.41, 5.74) is 2.52. The molecule has 1 saturated carbocycles. The van der Waals surface area contributed by atoms with E-state index >= 15 is 0 Å². The number of aliphatic carboxylic acids is 1. The molecule has 1 aromatic rings. The predicted octanol–water partition coefficient (Wildman–Crippen LogP) is 4.40. The van der Waals surface area contributed by atoms with Gasteiger partial charge in [0.2, 0.25) is 0 Å². The molecule has 0 bridgehead atoms. The third-order valence-corrected chi connectivity index (χ3v) is 6.59. The van der Waals surface area contributed by atoms with Crippen LogP contribution < -0.4 is 0 Å². The highest BCUT2D eigenvalue weighted by Crippen LogP contribution is 2.59. The number of carboxylic acids is 1. The summed E-state index contributed by atoms with van der Waals surface area (Å²) in [6.45, 7) is 8.39. The molecule has 3 rings (SSSR count). The van der Waals surface area contributed by atoms with Crippen molar-refractivity contribution in [3.05, 3.63) is 34.9 Å². The van der Waals surface area contributed by atoms with Gasteiger partial charge in [0, 0.05) is 0 Å². The summed E-state index contributed by atoms with van der Waals surface area (Å²) in [7, 11) is 0. The fourth-order valence-electron chi connectivity index (χ4n) is 5.06. The quantitative estimate of drug-likeness (QED) is 0.850. The molecular formula is C20H28O3. The Bertz CT molecular complexity index is 636. The highest BCUT2D eigenvalue weighted by molar-refractivity contribution is 5.75. The molecule has 0 spiro atoms. The lowest BCUT2D eigenvalue weighted by Gasteiger charge is -2.54. The van der Waals surface area contributed by atoms with Crippen LogP contribution in [0.1, 0.15) is 82.1 Å². The summed E-state index contributed by atoms with van der Waals surface area (Å²) in [5, 5.41) is 20.6. The minimum absolute atomic E-state index is 0.0198. The van der Waals surface area contributed by atoms with Crippen molar-refractivity contribution >= 4 is 5.97 Å². The van der Waals surface area contributed by atoms with Crippen molar-refractivity contribution in [3.8, 4) is 0 Å². The van der Waals surface area contributed by atoms with Gasteiger partial charge in [-0.2, -0.15) is 0 Å². The molecule has 1 fully saturated rings. The molecule has 3 heteroatoms. The molecule has 2 aliphatic carbocycles. The molecule has 0 aliphatic heterocycles. The average molecular weight is 316 g/mol. The number of carbonyl (C=O) groups is 1. The van der Waals surface area contributed by atoms with E-state index in [9.17, 15) is 15.0 Å². The zero-order chi connectivity index (χ0) is 17.0. The molecule has 126 valence electrons. The first-order valence-corrected chi connectivity index (χ1v) is 8.76. The number of aliphatic hydroxyl groups is 1. The van der Waals surface area contributed by atoms with Gasteiger partial charge in [0.1, 0.15) is 0 Å². The average Bonchev–Trinajstić information content (AvgIpc) is 2.49. The van der Waals surface area contributed by atoms with Crippen LogP contribution in [0, 0.1) is 11.3 Å². The van der Waals surface area contributed by atoms with Crippen LogP contribution in [0.4, 0.5) is 0 Å². The van der Waals surface area contributed by atoms with E-state index in [-0.39, 0.29) is 11.3 Å². The molecule has 23 heavy (non-hydrogen) atoms. The van der Waals surface area contributed by atoms with Crippen molar-refractivity contribution in [1.29, 1.82) is 0 Å². The molecule has 0 saturated heterocycles. The third kappa shape index (κ3) is 2.32. The first-order valence-electron chi connectivity index (χ1n) is 8.76. The second kappa shape index (κ2) is 5.34. The van der Waals surface area contributed by atoms with Crippen molar-refractivity contribution in [2.75, 3.05) is 0 Å². The van der Waals surface area contributed by atoms with Gasteiger partial charge in [-0.3, -0.25) is 4.79 Å². The van der Waals surface area contributed by atoms with Gasteiger partial charge in [-0.15, -0.1) is 0 Å². The van der Waals surface area contributed by atoms with Crippen molar-refractivity contribution in [3.63, 3.8) is 0 Å². The molecule has 4 atom stereocenters. The molecule has 0 heterocycles. The van der Waals surface area contributed by atoms with Crippen molar-refractivity contribution in [2.45, 2.75) is 70.8 Å². The summed E-state index contributed by atoms with van der Waals surface area (Å²) < 4.78 is 0. The van der Waals surface area contributed by atoms with Crippen LogP contribution in [0.25, 0.3) is 0 Å². The predicted molar refractivity (Wildman–Crippen MR) is 90.5 cm³/mol. The number of carboxylic acid groups (broad SMARTS) is 1. The maximum Gasteiger partial charge on any atom is 0.309 e. The molecule has 1 unspecified atom stereocenters. The number of benzene rings is 1. The van der Waals surface area contributed by atoms with E-state index in [0.717, 1.165) is 24.0 Å². The molecule has 2 N–H and O–H groups in total. The fourth-order valence-corrected chi connectivity index (χ4v) is 5.06. The highest BCUT2D eigenvalue weighted by atomic mass is 16.4. The zero-order valence-corrected chi connectivity index (χ0v) is 14.6. The minimum atomic E-state index is -0.748. The Hall–Kier alpha value is -1.35. The zero-order valence-electron chi connectivity index (χ0n) is 14.6. The topological polar surface area (TPSA) is 57.5 Å². The van der Waals surface area contributed by atoms with Crippen LogP contribution in [0.5, 0.6) is 0 Å². The lowest BCUT2D eigenvalue weighted by Crippen LogP contribution is -2.53. The summed E-state index contributed by atoms with van der Waals surface area (Å²) >= 11 is 0. The van der Waals surface area contributed by atoms with Gasteiger partial charge >= 0.3 is 5.97 Å². The second-order valence-corrected chi connectivity index (χ2v) is 8.30. The largest absolute Gasteiger partial charge is 0.481 e. The van der Waals surface area contributed by atoms with Crippen molar-refractivity contribution < 1.29 is 15.0 Å². The maximum atomic E-state index is 12.0. The standard InChI is InChI=1S/C20H28O3/c1-12(2)13-6-7-15-14(10-13)16(21)11-17-19(15,3)8-5-9-20(17,4)18(22)23/h6-7,10,12,16-17,21H,5,8-9,11H2,1-4H3,(H,22,23)/t16-,17?,19-,20-/m1/s1. The van der Waals surface area contributed by atoms with Crippen LogP contribution >= 0.6 is 0 Å². The van der Waals surface area contributed by atoms with Crippen molar-refractivity contribution in [2.24, 2.45) is 11.3 Å². The van der Waals surface area contributed by atoms with Crippen LogP contribution in [0.3, 0.4) is 0 Å². The van der Waals surface area contributed by atoms with Gasteiger partial charge in [-0.05, 0) is 60.1 Å². The van der Waals surface area contributed by atoms with Gasteiger partial charge < -0.3 is 10.2 Å². The number of fused-ring (bicyclic) bond motifs is 3. The Balaban J connectivity index is 2.14. The number of hydrogen-bond acceptors (Lipinski definition) is 2. The Kier molecular flexibility index (Phi) is 3.83. The van der Waals surface area contributed by atoms with E-state index < -0.39 is 17.5 Å². The normalized spacial score (nSPS) is 36.4. The van der Waals surface area contributed by atoms with Crippen molar-refractivity contribution in [1.82, 2.24) is 0 Å². The van der Waals surface area contributed by atoms with E-state index in [1.54, 1.807) is 0 Å². The highest BCUT2D eigenvalue weighted by Gasteiger charge is 2.56. The Labute approximate surface area is 138 Å². The second-order valence-electron chi connectivity index (χ2n) is 8.30. The first kappa shape index (κ1) is 16.5. The number of rotatable bonds is 2. The van der Waals surface area contributed by atoms with Gasteiger partial charge in [0.25, 0.3) is 0 Å². The molecular weight excluding hydrogens is 288 g/mol. The van der Waals surface area contributed by atoms with Gasteiger partial charge in [0.05, 0.1) is 11.5 Å². The summed E-state index contributed by atoms with van der Waals surface area (Å²) in [4.78, 5) is 12.0. The smallest absolute Gasteiger partial charge is 0.309 e.